The fraction of sp³-hybridized carbons (Fsp3) is 0.568. The van der Waals surface area contributed by atoms with Gasteiger partial charge >= 0.3 is 5.97 Å². The van der Waals surface area contributed by atoms with Crippen molar-refractivity contribution in [2.24, 2.45) is 11.0 Å². The highest BCUT2D eigenvalue weighted by Crippen LogP contribution is 2.33. The number of unbranched alkanes of at least 4 members (excludes halogenated alkanes) is 1. The lowest BCUT2D eigenvalue weighted by atomic mass is 9.93. The zero-order valence-electron chi connectivity index (χ0n) is 30.5. The number of nitrogens with two attached hydrogens (primary N) is 1. The van der Waals surface area contributed by atoms with Crippen molar-refractivity contribution >= 4 is 23.4 Å². The Morgan fingerprint density at radius 1 is 1.06 bits per heavy atom. The average Bonchev–Trinajstić information content (AvgIpc) is 3.74. The maximum absolute atomic E-state index is 12.9. The van der Waals surface area contributed by atoms with Crippen LogP contribution in [0.4, 0.5) is 11.5 Å². The molecule has 14 nitrogen and oxygen atoms in total. The van der Waals surface area contributed by atoms with Crippen LogP contribution in [0.25, 0.3) is 16.1 Å². The molecule has 3 aromatic rings. The molecule has 0 saturated carbocycles. The molecule has 2 aromatic heterocycles. The number of benzene rings is 1. The topological polar surface area (TPSA) is 168 Å². The number of aromatic nitrogens is 3. The van der Waals surface area contributed by atoms with Gasteiger partial charge in [-0.2, -0.15) is 5.10 Å². The number of methoxy groups -OCH3 is 2. The Labute approximate surface area is 300 Å². The van der Waals surface area contributed by atoms with Gasteiger partial charge in [-0.25, -0.2) is 9.67 Å². The Morgan fingerprint density at radius 2 is 1.84 bits per heavy atom. The lowest BCUT2D eigenvalue weighted by Gasteiger charge is -2.37. The molecule has 0 aliphatic carbocycles. The van der Waals surface area contributed by atoms with Crippen molar-refractivity contribution in [2.75, 3.05) is 77.2 Å². The number of rotatable bonds is 16. The van der Waals surface area contributed by atoms with Gasteiger partial charge in [0.1, 0.15) is 0 Å². The van der Waals surface area contributed by atoms with Crippen LogP contribution >= 0.6 is 0 Å². The SMILES string of the molecule is COC(=O)C[C@H](CN1CC[C@@H](CCc2ccc(OC)c(N)n2)C1)c1cc(N2CCN(C(=O)CCCCN=[N+]=[N-])CC2)cc(-n2nc(C)cc2C)c1. The number of amides is 1. The molecule has 4 heterocycles. The molecule has 14 heteroatoms. The highest BCUT2D eigenvalue weighted by molar-refractivity contribution is 5.76. The van der Waals surface area contributed by atoms with Crippen molar-refractivity contribution in [1.29, 1.82) is 0 Å². The van der Waals surface area contributed by atoms with Gasteiger partial charge in [-0.1, -0.05) is 5.11 Å². The highest BCUT2D eigenvalue weighted by Gasteiger charge is 2.29. The van der Waals surface area contributed by atoms with Gasteiger partial charge in [0.25, 0.3) is 0 Å². The zero-order valence-corrected chi connectivity index (χ0v) is 30.5. The quantitative estimate of drug-likeness (QED) is 0.0694. The van der Waals surface area contributed by atoms with E-state index in [1.807, 2.05) is 28.6 Å². The van der Waals surface area contributed by atoms with E-state index in [0.29, 0.717) is 69.5 Å². The first kappa shape index (κ1) is 37.4. The second-order valence-electron chi connectivity index (χ2n) is 13.7. The summed E-state index contributed by atoms with van der Waals surface area (Å²) in [6, 6.07) is 12.5. The van der Waals surface area contributed by atoms with Crippen LogP contribution < -0.4 is 15.4 Å². The lowest BCUT2D eigenvalue weighted by molar-refractivity contribution is -0.141. The standard InChI is InChI=1S/C37H52N10O4/c1-26-19-27(2)47(42-26)33-21-29(20-32(23-33)45-15-17-46(18-16-45)35(48)7-5-6-13-40-43-39)30(22-36(49)51-4)25-44-14-12-28(24-44)8-9-31-10-11-34(50-3)37(38)41-31/h10-11,19-21,23,28,30H,5-9,12-18,22,24-25H2,1-4H3,(H2,38,41)/t28-,30-/m1/s1. The maximum Gasteiger partial charge on any atom is 0.306 e. The largest absolute Gasteiger partial charge is 0.493 e. The second kappa shape index (κ2) is 17.9. The summed E-state index contributed by atoms with van der Waals surface area (Å²) in [6.07, 6.45) is 5.10. The molecule has 2 atom stereocenters. The molecule has 0 spiro atoms. The van der Waals surface area contributed by atoms with E-state index in [-0.39, 0.29) is 24.2 Å². The van der Waals surface area contributed by atoms with E-state index >= 15 is 0 Å². The summed E-state index contributed by atoms with van der Waals surface area (Å²) >= 11 is 0. The number of nitrogen functional groups attached to an aromatic ring is 1. The molecule has 0 radical (unpaired) electrons. The normalized spacial score (nSPS) is 16.9. The van der Waals surface area contributed by atoms with Crippen LogP contribution in [0, 0.1) is 19.8 Å². The molecule has 2 aliphatic rings. The fourth-order valence-corrected chi connectivity index (χ4v) is 7.29. The molecule has 2 N–H and O–H groups in total. The van der Waals surface area contributed by atoms with Crippen molar-refractivity contribution in [2.45, 2.75) is 64.7 Å². The molecular weight excluding hydrogens is 648 g/mol. The van der Waals surface area contributed by atoms with Crippen LogP contribution in [0.15, 0.2) is 41.5 Å². The number of piperazine rings is 1. The van der Waals surface area contributed by atoms with Crippen molar-refractivity contribution in [3.05, 3.63) is 69.5 Å². The molecule has 274 valence electrons. The van der Waals surface area contributed by atoms with E-state index in [2.05, 4.69) is 56.0 Å². The predicted octanol–water partition coefficient (Wildman–Crippen LogP) is 5.21. The van der Waals surface area contributed by atoms with E-state index in [0.717, 1.165) is 72.9 Å². The van der Waals surface area contributed by atoms with Crippen molar-refractivity contribution in [3.63, 3.8) is 0 Å². The molecule has 0 unspecified atom stereocenters. The molecule has 1 aromatic carbocycles. The third-order valence-corrected chi connectivity index (χ3v) is 10.1. The second-order valence-corrected chi connectivity index (χ2v) is 13.7. The highest BCUT2D eigenvalue weighted by atomic mass is 16.5. The minimum atomic E-state index is -0.233. The first-order valence-corrected chi connectivity index (χ1v) is 18.0. The Balaban J connectivity index is 1.31. The number of ether oxygens (including phenoxy) is 2. The monoisotopic (exact) mass is 700 g/mol. The van der Waals surface area contributed by atoms with E-state index in [1.54, 1.807) is 7.11 Å². The number of hydrogen-bond acceptors (Lipinski definition) is 10. The summed E-state index contributed by atoms with van der Waals surface area (Å²) in [5.74, 6) is 1.36. The smallest absolute Gasteiger partial charge is 0.306 e. The van der Waals surface area contributed by atoms with E-state index in [1.165, 1.54) is 7.11 Å². The Kier molecular flexibility index (Phi) is 13.2. The number of azide groups is 1. The third-order valence-electron chi connectivity index (χ3n) is 10.1. The lowest BCUT2D eigenvalue weighted by Crippen LogP contribution is -2.48. The van der Waals surface area contributed by atoms with Gasteiger partial charge in [-0.3, -0.25) is 9.59 Å². The van der Waals surface area contributed by atoms with Gasteiger partial charge < -0.3 is 29.9 Å². The summed E-state index contributed by atoms with van der Waals surface area (Å²) < 4.78 is 12.4. The van der Waals surface area contributed by atoms with Gasteiger partial charge in [0.15, 0.2) is 11.6 Å². The number of likely N-dealkylation sites (tertiary alicyclic amines) is 1. The van der Waals surface area contributed by atoms with Gasteiger partial charge in [0, 0.05) is 80.1 Å². The molecule has 2 aliphatic heterocycles. The fourth-order valence-electron chi connectivity index (χ4n) is 7.29. The molecule has 5 rings (SSSR count). The molecule has 51 heavy (non-hydrogen) atoms. The first-order valence-electron chi connectivity index (χ1n) is 18.0. The van der Waals surface area contributed by atoms with Crippen LogP contribution in [-0.4, -0.2) is 103 Å². The number of nitrogens with zero attached hydrogens (tertiary/aromatic N) is 9. The van der Waals surface area contributed by atoms with Crippen molar-refractivity contribution in [3.8, 4) is 11.4 Å². The summed E-state index contributed by atoms with van der Waals surface area (Å²) in [6.45, 7) is 9.78. The molecule has 0 bridgehead atoms. The molecule has 2 saturated heterocycles. The van der Waals surface area contributed by atoms with Crippen LogP contribution in [-0.2, 0) is 20.7 Å². The predicted molar refractivity (Wildman–Crippen MR) is 197 cm³/mol. The number of aryl methyl sites for hydroxylation is 3. The minimum absolute atomic E-state index is 0.0804. The van der Waals surface area contributed by atoms with Crippen molar-refractivity contribution < 1.29 is 19.1 Å². The Bertz CT molecular complexity index is 1700. The maximum atomic E-state index is 12.9. The van der Waals surface area contributed by atoms with Gasteiger partial charge in [0.2, 0.25) is 5.91 Å². The van der Waals surface area contributed by atoms with Gasteiger partial charge in [-0.15, -0.1) is 0 Å². The number of carbonyl (C=O) groups excluding carboxylic acids is 2. The van der Waals surface area contributed by atoms with Crippen LogP contribution in [0.2, 0.25) is 0 Å². The van der Waals surface area contributed by atoms with Gasteiger partial charge in [0.05, 0.1) is 32.0 Å². The van der Waals surface area contributed by atoms with Crippen LogP contribution in [0.1, 0.15) is 67.1 Å². The Morgan fingerprint density at radius 3 is 2.53 bits per heavy atom. The number of carbonyl (C=O) groups is 2. The summed E-state index contributed by atoms with van der Waals surface area (Å²) in [7, 11) is 3.04. The van der Waals surface area contributed by atoms with Crippen LogP contribution in [0.3, 0.4) is 0 Å². The van der Waals surface area contributed by atoms with E-state index in [9.17, 15) is 9.59 Å². The number of pyridine rings is 1. The first-order chi connectivity index (χ1) is 24.7. The van der Waals surface area contributed by atoms with E-state index < -0.39 is 0 Å². The Hall–Kier alpha value is -4.81. The average molecular weight is 701 g/mol. The summed E-state index contributed by atoms with van der Waals surface area (Å²) in [5.41, 5.74) is 20.5. The van der Waals surface area contributed by atoms with Crippen LogP contribution in [0.5, 0.6) is 5.75 Å². The van der Waals surface area contributed by atoms with Gasteiger partial charge in [-0.05, 0) is 106 Å². The number of hydrogen-bond donors (Lipinski definition) is 1. The molecular formula is C37H52N10O4. The summed E-state index contributed by atoms with van der Waals surface area (Å²) in [4.78, 5) is 39.8. The third kappa shape index (κ3) is 10.1. The number of anilines is 2. The zero-order chi connectivity index (χ0) is 36.3. The minimum Gasteiger partial charge on any atom is -0.493 e. The number of esters is 1. The van der Waals surface area contributed by atoms with Crippen molar-refractivity contribution in [1.82, 2.24) is 24.6 Å². The van der Waals surface area contributed by atoms with E-state index in [4.69, 9.17) is 25.8 Å². The summed E-state index contributed by atoms with van der Waals surface area (Å²) in [5, 5.41) is 8.36. The molecule has 1 amide bonds. The molecule has 2 fully saturated rings.